The summed E-state index contributed by atoms with van der Waals surface area (Å²) in [5.74, 6) is 1.51. The molecule has 0 saturated carbocycles. The highest BCUT2D eigenvalue weighted by Crippen LogP contribution is 2.44. The van der Waals surface area contributed by atoms with Gasteiger partial charge in [0, 0.05) is 16.7 Å². The molecule has 0 spiro atoms. The first-order valence-electron chi connectivity index (χ1n) is 13.7. The van der Waals surface area contributed by atoms with E-state index in [1.54, 1.807) is 0 Å². The molecule has 0 radical (unpaired) electrons. The number of hydrogen-bond acceptors (Lipinski definition) is 5. The average molecular weight is 518 g/mol. The Morgan fingerprint density at radius 3 is 2.18 bits per heavy atom. The fraction of sp³-hybridized carbons (Fsp3) is 0.294. The molecule has 3 aromatic rings. The molecule has 2 heterocycles. The molecule has 3 aliphatic rings. The number of benzene rings is 3. The molecule has 1 N–H and O–H groups in total. The molecule has 0 aromatic heterocycles. The van der Waals surface area contributed by atoms with E-state index in [0.717, 1.165) is 40.9 Å². The summed E-state index contributed by atoms with van der Waals surface area (Å²) in [6, 6.07) is 27.1. The Bertz CT molecular complexity index is 1460. The molecule has 3 aromatic carbocycles. The van der Waals surface area contributed by atoms with Crippen LogP contribution in [-0.4, -0.2) is 22.9 Å². The maximum Gasteiger partial charge on any atom is 0.185 e. The van der Waals surface area contributed by atoms with E-state index in [4.69, 9.17) is 19.5 Å². The standard InChI is InChI=1S/C34H35N3O2/c1-33(2)34(3,4)39-32(38-33)26-20-18-25(19-21-26)30-35-29(24-14-9-6-10-15-24)36-31(37-30)28-17-11-16-27(22-28)23-12-7-5-8-13-23/h5-7,9-12,14-22,29,32H,8,13H2,1-4H3,(H,35,36,37). The van der Waals surface area contributed by atoms with Crippen molar-refractivity contribution in [2.75, 3.05) is 0 Å². The molecule has 1 unspecified atom stereocenters. The van der Waals surface area contributed by atoms with Gasteiger partial charge in [-0.25, -0.2) is 9.98 Å². The van der Waals surface area contributed by atoms with Crippen LogP contribution in [-0.2, 0) is 9.47 Å². The van der Waals surface area contributed by atoms with Gasteiger partial charge in [0.15, 0.2) is 12.1 Å². The molecule has 6 rings (SSSR count). The number of aliphatic imine (C=N–C) groups is 2. The van der Waals surface area contributed by atoms with Crippen molar-refractivity contribution >= 4 is 17.2 Å². The molecule has 2 aliphatic heterocycles. The molecule has 1 fully saturated rings. The van der Waals surface area contributed by atoms with E-state index in [2.05, 4.69) is 112 Å². The van der Waals surface area contributed by atoms with Crippen molar-refractivity contribution in [2.45, 2.75) is 64.2 Å². The van der Waals surface area contributed by atoms with Crippen LogP contribution in [0.4, 0.5) is 0 Å². The van der Waals surface area contributed by atoms with Gasteiger partial charge in [-0.05, 0) is 63.3 Å². The van der Waals surface area contributed by atoms with Crippen molar-refractivity contribution in [3.63, 3.8) is 0 Å². The van der Waals surface area contributed by atoms with E-state index in [0.29, 0.717) is 5.84 Å². The van der Waals surface area contributed by atoms with Gasteiger partial charge in [-0.15, -0.1) is 0 Å². The van der Waals surface area contributed by atoms with Crippen LogP contribution in [0.25, 0.3) is 5.57 Å². The molecule has 1 saturated heterocycles. The lowest BCUT2D eigenvalue weighted by molar-refractivity contribution is -0.0895. The highest BCUT2D eigenvalue weighted by atomic mass is 16.7. The Labute approximate surface area is 231 Å². The normalized spacial score (nSPS) is 22.1. The fourth-order valence-electron chi connectivity index (χ4n) is 5.01. The summed E-state index contributed by atoms with van der Waals surface area (Å²) in [6.07, 6.45) is 8.05. The summed E-state index contributed by atoms with van der Waals surface area (Å²) >= 11 is 0. The largest absolute Gasteiger partial charge is 0.344 e. The van der Waals surface area contributed by atoms with Crippen LogP contribution in [0.2, 0.25) is 0 Å². The first kappa shape index (κ1) is 25.5. The van der Waals surface area contributed by atoms with E-state index >= 15 is 0 Å². The Kier molecular flexibility index (Phi) is 6.57. The molecule has 5 nitrogen and oxygen atoms in total. The SMILES string of the molecule is CC1(C)OC(c2ccc(C3=NC(c4ccccc4)NC(c4cccc(C5=CC=CCC5)c4)=N3)cc2)OC1(C)C. The first-order valence-corrected chi connectivity index (χ1v) is 13.7. The second kappa shape index (κ2) is 10.1. The third-order valence-corrected chi connectivity index (χ3v) is 8.07. The molecule has 5 heteroatoms. The second-order valence-corrected chi connectivity index (χ2v) is 11.3. The molecule has 39 heavy (non-hydrogen) atoms. The summed E-state index contributed by atoms with van der Waals surface area (Å²) in [4.78, 5) is 10.0. The van der Waals surface area contributed by atoms with E-state index in [1.165, 1.54) is 11.1 Å². The zero-order chi connectivity index (χ0) is 27.0. The van der Waals surface area contributed by atoms with E-state index in [1.807, 2.05) is 18.2 Å². The highest BCUT2D eigenvalue weighted by molar-refractivity contribution is 6.13. The van der Waals surface area contributed by atoms with Crippen LogP contribution in [0, 0.1) is 0 Å². The maximum absolute atomic E-state index is 6.25. The minimum Gasteiger partial charge on any atom is -0.344 e. The number of nitrogens with zero attached hydrogens (tertiary/aromatic N) is 2. The average Bonchev–Trinajstić information content (AvgIpc) is 3.20. The Balaban J connectivity index is 1.34. The van der Waals surface area contributed by atoms with Crippen molar-refractivity contribution in [1.82, 2.24) is 5.32 Å². The van der Waals surface area contributed by atoms with Crippen molar-refractivity contribution in [1.29, 1.82) is 0 Å². The third kappa shape index (κ3) is 5.12. The summed E-state index contributed by atoms with van der Waals surface area (Å²) in [5, 5.41) is 3.58. The highest BCUT2D eigenvalue weighted by Gasteiger charge is 2.49. The number of rotatable bonds is 5. The van der Waals surface area contributed by atoms with Crippen molar-refractivity contribution in [3.05, 3.63) is 125 Å². The third-order valence-electron chi connectivity index (χ3n) is 8.07. The number of nitrogens with one attached hydrogen (secondary N) is 1. The van der Waals surface area contributed by atoms with Crippen molar-refractivity contribution in [2.24, 2.45) is 9.98 Å². The first-order chi connectivity index (χ1) is 18.8. The van der Waals surface area contributed by atoms with E-state index in [-0.39, 0.29) is 17.4 Å². The number of ether oxygens (including phenoxy) is 2. The number of amidine groups is 2. The molecule has 0 bridgehead atoms. The summed E-state index contributed by atoms with van der Waals surface area (Å²) in [7, 11) is 0. The smallest absolute Gasteiger partial charge is 0.185 e. The van der Waals surface area contributed by atoms with Crippen LogP contribution >= 0.6 is 0 Å². The lowest BCUT2D eigenvalue weighted by atomic mass is 9.90. The van der Waals surface area contributed by atoms with Gasteiger partial charge < -0.3 is 14.8 Å². The molecular formula is C34H35N3O2. The summed E-state index contributed by atoms with van der Waals surface area (Å²) in [5.41, 5.74) is 5.89. The molecule has 1 aliphatic carbocycles. The molecule has 1 atom stereocenters. The van der Waals surface area contributed by atoms with Crippen molar-refractivity contribution in [3.8, 4) is 0 Å². The van der Waals surface area contributed by atoms with Crippen LogP contribution in [0.5, 0.6) is 0 Å². The van der Waals surface area contributed by atoms with Crippen LogP contribution in [0.3, 0.4) is 0 Å². The monoisotopic (exact) mass is 517 g/mol. The predicted molar refractivity (Wildman–Crippen MR) is 158 cm³/mol. The van der Waals surface area contributed by atoms with Gasteiger partial charge in [0.25, 0.3) is 0 Å². The lowest BCUT2D eigenvalue weighted by Crippen LogP contribution is -2.41. The predicted octanol–water partition coefficient (Wildman–Crippen LogP) is 7.52. The van der Waals surface area contributed by atoms with Crippen LogP contribution in [0.1, 0.15) is 80.8 Å². The Morgan fingerprint density at radius 1 is 0.769 bits per heavy atom. The van der Waals surface area contributed by atoms with Gasteiger partial charge in [-0.1, -0.05) is 91.0 Å². The van der Waals surface area contributed by atoms with E-state index in [9.17, 15) is 0 Å². The van der Waals surface area contributed by atoms with Gasteiger partial charge >= 0.3 is 0 Å². The summed E-state index contributed by atoms with van der Waals surface area (Å²) < 4.78 is 12.5. The zero-order valence-corrected chi connectivity index (χ0v) is 23.0. The van der Waals surface area contributed by atoms with Gasteiger partial charge in [0.2, 0.25) is 0 Å². The van der Waals surface area contributed by atoms with Gasteiger partial charge in [-0.3, -0.25) is 0 Å². The minimum absolute atomic E-state index is 0.239. The lowest BCUT2D eigenvalue weighted by Gasteiger charge is -2.30. The number of hydrogen-bond donors (Lipinski definition) is 1. The van der Waals surface area contributed by atoms with Crippen LogP contribution in [0.15, 0.2) is 107 Å². The molecular weight excluding hydrogens is 482 g/mol. The Hall–Kier alpha value is -3.80. The number of allylic oxidation sites excluding steroid dienone is 4. The Morgan fingerprint density at radius 2 is 1.49 bits per heavy atom. The zero-order valence-electron chi connectivity index (χ0n) is 23.0. The van der Waals surface area contributed by atoms with Crippen LogP contribution < -0.4 is 5.32 Å². The maximum atomic E-state index is 6.25. The quantitative estimate of drug-likeness (QED) is 0.381. The van der Waals surface area contributed by atoms with Gasteiger partial charge in [0.1, 0.15) is 12.0 Å². The molecule has 198 valence electrons. The molecule has 0 amide bonds. The summed E-state index contributed by atoms with van der Waals surface area (Å²) in [6.45, 7) is 8.28. The fourth-order valence-corrected chi connectivity index (χ4v) is 5.01. The van der Waals surface area contributed by atoms with Crippen molar-refractivity contribution < 1.29 is 9.47 Å². The van der Waals surface area contributed by atoms with Gasteiger partial charge in [0.05, 0.1) is 11.2 Å². The van der Waals surface area contributed by atoms with E-state index < -0.39 is 6.29 Å². The topological polar surface area (TPSA) is 55.2 Å². The minimum atomic E-state index is -0.401. The second-order valence-electron chi connectivity index (χ2n) is 11.3. The van der Waals surface area contributed by atoms with Gasteiger partial charge in [-0.2, -0.15) is 0 Å².